The van der Waals surface area contributed by atoms with E-state index in [2.05, 4.69) is 9.93 Å². The number of halogens is 3. The van der Waals surface area contributed by atoms with E-state index in [1.165, 1.54) is 24.3 Å². The fourth-order valence-corrected chi connectivity index (χ4v) is 4.34. The van der Waals surface area contributed by atoms with Gasteiger partial charge in [0.15, 0.2) is 5.69 Å². The molecule has 2 aromatic carbocycles. The van der Waals surface area contributed by atoms with Gasteiger partial charge in [0.2, 0.25) is 0 Å². The predicted octanol–water partition coefficient (Wildman–Crippen LogP) is 3.80. The minimum Gasteiger partial charge on any atom is -0.399 e. The Morgan fingerprint density at radius 3 is 2.03 bits per heavy atom. The number of nitrogens with zero attached hydrogens (tertiary/aromatic N) is 2. The Kier molecular flexibility index (Phi) is 5.82. The first-order valence-corrected chi connectivity index (χ1v) is 11.9. The third kappa shape index (κ3) is 4.57. The zero-order valence-electron chi connectivity index (χ0n) is 18.9. The van der Waals surface area contributed by atoms with Gasteiger partial charge < -0.3 is 9.31 Å². The summed E-state index contributed by atoms with van der Waals surface area (Å²) in [5.74, 6) is 0. The van der Waals surface area contributed by atoms with Gasteiger partial charge in [-0.25, -0.2) is 0 Å². The first-order valence-electron chi connectivity index (χ1n) is 10.4. The summed E-state index contributed by atoms with van der Waals surface area (Å²) in [6.45, 7) is 7.66. The largest absolute Gasteiger partial charge is 0.494 e. The van der Waals surface area contributed by atoms with Crippen LogP contribution in [0.5, 0.6) is 0 Å². The molecule has 34 heavy (non-hydrogen) atoms. The van der Waals surface area contributed by atoms with Crippen LogP contribution in [0.25, 0.3) is 11.3 Å². The van der Waals surface area contributed by atoms with Crippen molar-refractivity contribution in [3.8, 4) is 11.3 Å². The Morgan fingerprint density at radius 2 is 1.50 bits per heavy atom. The van der Waals surface area contributed by atoms with Crippen LogP contribution in [0.3, 0.4) is 0 Å². The van der Waals surface area contributed by atoms with Gasteiger partial charge in [-0.05, 0) is 51.4 Å². The fourth-order valence-electron chi connectivity index (χ4n) is 3.35. The van der Waals surface area contributed by atoms with Gasteiger partial charge in [0, 0.05) is 5.56 Å². The Labute approximate surface area is 196 Å². The predicted molar refractivity (Wildman–Crippen MR) is 121 cm³/mol. The van der Waals surface area contributed by atoms with Crippen molar-refractivity contribution >= 4 is 22.6 Å². The van der Waals surface area contributed by atoms with E-state index in [1.807, 2.05) is 27.7 Å². The zero-order chi connectivity index (χ0) is 24.9. The molecule has 0 amide bonds. The number of benzene rings is 2. The standard InChI is InChI=1S/C22H23BF3N3O4S/c1-20(2)21(3,4)33-23(32-20)16-12-10-15(11-13-16)18-14-19(22(24,25)26)27-29(18)28-34(30,31)17-8-6-5-7-9-17/h5-14,28H,1-4H3. The van der Waals surface area contributed by atoms with E-state index in [4.69, 9.17) is 9.31 Å². The summed E-state index contributed by atoms with van der Waals surface area (Å²) in [5.41, 5.74) is -1.41. The Hall–Kier alpha value is -2.83. The molecular formula is C22H23BF3N3O4S. The number of hydrogen-bond donors (Lipinski definition) is 1. The second kappa shape index (κ2) is 8.14. The molecule has 7 nitrogen and oxygen atoms in total. The Bertz CT molecular complexity index is 1280. The van der Waals surface area contributed by atoms with E-state index >= 15 is 0 Å². The van der Waals surface area contributed by atoms with Gasteiger partial charge in [-0.2, -0.15) is 31.2 Å². The van der Waals surface area contributed by atoms with Crippen LogP contribution in [0.4, 0.5) is 13.2 Å². The third-order valence-corrected chi connectivity index (χ3v) is 7.30. The first kappa shape index (κ1) is 24.3. The van der Waals surface area contributed by atoms with Crippen molar-refractivity contribution in [3.05, 3.63) is 66.4 Å². The maximum absolute atomic E-state index is 13.4. The van der Waals surface area contributed by atoms with Crippen LogP contribution in [0.15, 0.2) is 65.6 Å². The smallest absolute Gasteiger partial charge is 0.399 e. The number of alkyl halides is 3. The summed E-state index contributed by atoms with van der Waals surface area (Å²) in [6.07, 6.45) is -4.76. The zero-order valence-corrected chi connectivity index (χ0v) is 19.7. The minimum atomic E-state index is -4.76. The number of rotatable bonds is 5. The molecule has 0 bridgehead atoms. The van der Waals surface area contributed by atoms with Gasteiger partial charge in [0.1, 0.15) is 0 Å². The lowest BCUT2D eigenvalue weighted by molar-refractivity contribution is -0.141. The third-order valence-electron chi connectivity index (χ3n) is 5.99. The highest BCUT2D eigenvalue weighted by Gasteiger charge is 2.51. The highest BCUT2D eigenvalue weighted by atomic mass is 32.2. The number of nitrogens with one attached hydrogen (secondary N) is 1. The van der Waals surface area contributed by atoms with E-state index in [0.717, 1.165) is 6.07 Å². The number of aromatic nitrogens is 2. The van der Waals surface area contributed by atoms with E-state index in [-0.39, 0.29) is 10.6 Å². The molecule has 0 unspecified atom stereocenters. The maximum atomic E-state index is 13.4. The van der Waals surface area contributed by atoms with Crippen molar-refractivity contribution in [2.75, 3.05) is 4.83 Å². The van der Waals surface area contributed by atoms with Crippen LogP contribution in [0, 0.1) is 0 Å². The fraction of sp³-hybridized carbons (Fsp3) is 0.318. The highest BCUT2D eigenvalue weighted by molar-refractivity contribution is 7.92. The molecule has 12 heteroatoms. The van der Waals surface area contributed by atoms with Crippen LogP contribution in [-0.4, -0.2) is 36.6 Å². The van der Waals surface area contributed by atoms with E-state index in [0.29, 0.717) is 15.8 Å². The van der Waals surface area contributed by atoms with Crippen molar-refractivity contribution in [1.29, 1.82) is 0 Å². The summed E-state index contributed by atoms with van der Waals surface area (Å²) >= 11 is 0. The molecule has 1 fully saturated rings. The van der Waals surface area contributed by atoms with Crippen molar-refractivity contribution in [3.63, 3.8) is 0 Å². The van der Waals surface area contributed by atoms with Crippen LogP contribution in [-0.2, 0) is 25.5 Å². The maximum Gasteiger partial charge on any atom is 0.494 e. The summed E-state index contributed by atoms with van der Waals surface area (Å²) < 4.78 is 77.6. The minimum absolute atomic E-state index is 0.0766. The summed E-state index contributed by atoms with van der Waals surface area (Å²) in [5, 5.41) is 3.46. The molecule has 0 aliphatic carbocycles. The van der Waals surface area contributed by atoms with Gasteiger partial charge in [-0.1, -0.05) is 42.5 Å². The first-order chi connectivity index (χ1) is 15.7. The quantitative estimate of drug-likeness (QED) is 0.547. The van der Waals surface area contributed by atoms with Gasteiger partial charge in [-0.3, -0.25) is 0 Å². The molecular weight excluding hydrogens is 470 g/mol. The summed E-state index contributed by atoms with van der Waals surface area (Å²) in [7, 11) is -4.83. The summed E-state index contributed by atoms with van der Waals surface area (Å²) in [6, 6.07) is 14.5. The molecule has 0 spiro atoms. The Morgan fingerprint density at radius 1 is 0.941 bits per heavy atom. The van der Waals surface area contributed by atoms with Crippen molar-refractivity contribution < 1.29 is 30.9 Å². The van der Waals surface area contributed by atoms with Crippen LogP contribution < -0.4 is 10.3 Å². The summed E-state index contributed by atoms with van der Waals surface area (Å²) in [4.78, 5) is 2.62. The lowest BCUT2D eigenvalue weighted by Crippen LogP contribution is -2.41. The highest BCUT2D eigenvalue weighted by Crippen LogP contribution is 2.37. The second-order valence-electron chi connectivity index (χ2n) is 8.94. The Balaban J connectivity index is 1.68. The topological polar surface area (TPSA) is 82.5 Å². The molecule has 1 aromatic heterocycles. The van der Waals surface area contributed by atoms with Gasteiger partial charge in [0.05, 0.1) is 21.8 Å². The molecule has 1 aliphatic rings. The molecule has 0 radical (unpaired) electrons. The van der Waals surface area contributed by atoms with Crippen LogP contribution >= 0.6 is 0 Å². The lowest BCUT2D eigenvalue weighted by Gasteiger charge is -2.32. The molecule has 2 heterocycles. The van der Waals surface area contributed by atoms with Crippen molar-refractivity contribution in [2.45, 2.75) is 50.0 Å². The van der Waals surface area contributed by atoms with E-state index < -0.39 is 40.2 Å². The van der Waals surface area contributed by atoms with Crippen molar-refractivity contribution in [2.24, 2.45) is 0 Å². The molecule has 1 saturated heterocycles. The van der Waals surface area contributed by atoms with Gasteiger partial charge in [-0.15, -0.1) is 5.10 Å². The van der Waals surface area contributed by atoms with E-state index in [9.17, 15) is 21.6 Å². The number of sulfonamides is 1. The molecule has 1 aliphatic heterocycles. The van der Waals surface area contributed by atoms with Crippen molar-refractivity contribution in [1.82, 2.24) is 9.89 Å². The molecule has 0 saturated carbocycles. The van der Waals surface area contributed by atoms with E-state index in [1.54, 1.807) is 30.3 Å². The molecule has 0 atom stereocenters. The SMILES string of the molecule is CC1(C)OB(c2ccc(-c3cc(C(F)(F)F)nn3NS(=O)(=O)c3ccccc3)cc2)OC1(C)C. The molecule has 3 aromatic rings. The average Bonchev–Trinajstić information content (AvgIpc) is 3.26. The molecule has 1 N–H and O–H groups in total. The van der Waals surface area contributed by atoms with Gasteiger partial charge in [0.25, 0.3) is 10.0 Å². The average molecular weight is 493 g/mol. The lowest BCUT2D eigenvalue weighted by atomic mass is 9.79. The molecule has 180 valence electrons. The second-order valence-corrected chi connectivity index (χ2v) is 10.6. The number of hydrogen-bond acceptors (Lipinski definition) is 5. The van der Waals surface area contributed by atoms with Crippen LogP contribution in [0.1, 0.15) is 33.4 Å². The molecule has 4 rings (SSSR count). The monoisotopic (exact) mass is 493 g/mol. The van der Waals surface area contributed by atoms with Gasteiger partial charge >= 0.3 is 13.3 Å². The van der Waals surface area contributed by atoms with Crippen LogP contribution in [0.2, 0.25) is 0 Å². The normalized spacial score (nSPS) is 17.7.